The lowest BCUT2D eigenvalue weighted by atomic mass is 9.95. The number of rotatable bonds is 9. The normalized spacial score (nSPS) is 12.8. The summed E-state index contributed by atoms with van der Waals surface area (Å²) >= 11 is 0. The molecule has 0 aromatic heterocycles. The van der Waals surface area contributed by atoms with Crippen LogP contribution in [0.15, 0.2) is 0 Å². The second-order valence-electron chi connectivity index (χ2n) is 4.82. The molecule has 0 spiro atoms. The molecule has 96 valence electrons. The Hall–Kier alpha value is -0.530. The third-order valence-electron chi connectivity index (χ3n) is 2.75. The van der Waals surface area contributed by atoms with Gasteiger partial charge in [-0.3, -0.25) is 4.79 Å². The number of hydrogen-bond donors (Lipinski definition) is 0. The van der Waals surface area contributed by atoms with Gasteiger partial charge in [-0.2, -0.15) is 0 Å². The minimum Gasteiger partial charge on any atom is -0.463 e. The zero-order chi connectivity index (χ0) is 12.4. The van der Waals surface area contributed by atoms with E-state index in [9.17, 15) is 4.79 Å². The van der Waals surface area contributed by atoms with Crippen LogP contribution >= 0.6 is 0 Å². The fourth-order valence-corrected chi connectivity index (χ4v) is 1.80. The van der Waals surface area contributed by atoms with E-state index in [1.807, 2.05) is 13.8 Å². The Morgan fingerprint density at radius 1 is 1.00 bits per heavy atom. The zero-order valence-corrected chi connectivity index (χ0v) is 11.4. The molecule has 0 saturated heterocycles. The molecule has 0 aromatic rings. The maximum absolute atomic E-state index is 11.8. The Morgan fingerprint density at radius 3 is 2.06 bits per heavy atom. The number of esters is 1. The first-order chi connectivity index (χ1) is 7.61. The molecule has 0 N–H and O–H groups in total. The van der Waals surface area contributed by atoms with Crippen molar-refractivity contribution < 1.29 is 9.53 Å². The standard InChI is InChI=1S/C14H28O2/c1-5-7-9-11-13(10-8-6-2)14(15)16-12(3)4/h12-13H,5-11H2,1-4H3. The molecule has 0 fully saturated rings. The first-order valence-electron chi connectivity index (χ1n) is 6.82. The molecular formula is C14H28O2. The molecular weight excluding hydrogens is 200 g/mol. The lowest BCUT2D eigenvalue weighted by molar-refractivity contribution is -0.153. The first kappa shape index (κ1) is 15.5. The van der Waals surface area contributed by atoms with E-state index in [0.29, 0.717) is 0 Å². The third-order valence-corrected chi connectivity index (χ3v) is 2.75. The maximum atomic E-state index is 11.8. The van der Waals surface area contributed by atoms with Crippen molar-refractivity contribution in [3.63, 3.8) is 0 Å². The smallest absolute Gasteiger partial charge is 0.309 e. The number of carbonyl (C=O) groups is 1. The van der Waals surface area contributed by atoms with Crippen molar-refractivity contribution in [2.24, 2.45) is 5.92 Å². The van der Waals surface area contributed by atoms with Gasteiger partial charge in [-0.05, 0) is 26.7 Å². The summed E-state index contributed by atoms with van der Waals surface area (Å²) in [4.78, 5) is 11.8. The summed E-state index contributed by atoms with van der Waals surface area (Å²) in [6.07, 6.45) is 7.87. The number of unbranched alkanes of at least 4 members (excludes halogenated alkanes) is 3. The van der Waals surface area contributed by atoms with E-state index in [1.54, 1.807) is 0 Å². The highest BCUT2D eigenvalue weighted by Crippen LogP contribution is 2.19. The molecule has 2 nitrogen and oxygen atoms in total. The van der Waals surface area contributed by atoms with Crippen LogP contribution < -0.4 is 0 Å². The van der Waals surface area contributed by atoms with Crippen LogP contribution in [0.25, 0.3) is 0 Å². The fraction of sp³-hybridized carbons (Fsp3) is 0.929. The van der Waals surface area contributed by atoms with Gasteiger partial charge in [0.2, 0.25) is 0 Å². The van der Waals surface area contributed by atoms with Crippen molar-refractivity contribution in [3.8, 4) is 0 Å². The van der Waals surface area contributed by atoms with Gasteiger partial charge in [-0.25, -0.2) is 0 Å². The number of hydrogen-bond acceptors (Lipinski definition) is 2. The van der Waals surface area contributed by atoms with Crippen molar-refractivity contribution in [3.05, 3.63) is 0 Å². The molecule has 2 heteroatoms. The average molecular weight is 228 g/mol. The quantitative estimate of drug-likeness (QED) is 0.434. The van der Waals surface area contributed by atoms with E-state index in [0.717, 1.165) is 32.1 Å². The lowest BCUT2D eigenvalue weighted by Gasteiger charge is -2.17. The van der Waals surface area contributed by atoms with Crippen LogP contribution in [-0.2, 0) is 9.53 Å². The zero-order valence-electron chi connectivity index (χ0n) is 11.4. The SMILES string of the molecule is CCCCCC(CCCC)C(=O)OC(C)C. The van der Waals surface area contributed by atoms with Gasteiger partial charge in [0, 0.05) is 0 Å². The van der Waals surface area contributed by atoms with E-state index < -0.39 is 0 Å². The Morgan fingerprint density at radius 2 is 1.56 bits per heavy atom. The van der Waals surface area contributed by atoms with Crippen LogP contribution in [0, 0.1) is 5.92 Å². The molecule has 0 rings (SSSR count). The summed E-state index contributed by atoms with van der Waals surface area (Å²) in [6.45, 7) is 8.19. The van der Waals surface area contributed by atoms with Crippen LogP contribution in [0.4, 0.5) is 0 Å². The predicted molar refractivity (Wildman–Crippen MR) is 68.4 cm³/mol. The third kappa shape index (κ3) is 7.72. The summed E-state index contributed by atoms with van der Waals surface area (Å²) in [5, 5.41) is 0. The van der Waals surface area contributed by atoms with Crippen LogP contribution in [0.2, 0.25) is 0 Å². The predicted octanol–water partition coefficient (Wildman–Crippen LogP) is 4.32. The van der Waals surface area contributed by atoms with Crippen molar-refractivity contribution in [2.75, 3.05) is 0 Å². The van der Waals surface area contributed by atoms with Gasteiger partial charge < -0.3 is 4.74 Å². The Bertz CT molecular complexity index is 176. The average Bonchev–Trinajstić information content (AvgIpc) is 2.22. The van der Waals surface area contributed by atoms with Gasteiger partial charge in [0.05, 0.1) is 12.0 Å². The summed E-state index contributed by atoms with van der Waals surface area (Å²) in [5.74, 6) is 0.147. The van der Waals surface area contributed by atoms with Gasteiger partial charge in [-0.15, -0.1) is 0 Å². The Kier molecular flexibility index (Phi) is 9.36. The van der Waals surface area contributed by atoms with E-state index in [1.165, 1.54) is 12.8 Å². The van der Waals surface area contributed by atoms with Gasteiger partial charge in [0.25, 0.3) is 0 Å². The molecule has 0 aromatic carbocycles. The molecule has 0 radical (unpaired) electrons. The van der Waals surface area contributed by atoms with Gasteiger partial charge >= 0.3 is 5.97 Å². The van der Waals surface area contributed by atoms with Crippen LogP contribution in [0.3, 0.4) is 0 Å². The summed E-state index contributed by atoms with van der Waals surface area (Å²) in [6, 6.07) is 0. The Balaban J connectivity index is 4.01. The van der Waals surface area contributed by atoms with E-state index in [4.69, 9.17) is 4.74 Å². The molecule has 0 amide bonds. The molecule has 0 bridgehead atoms. The molecule has 0 heterocycles. The summed E-state index contributed by atoms with van der Waals surface area (Å²) < 4.78 is 5.30. The van der Waals surface area contributed by atoms with Gasteiger partial charge in [0.15, 0.2) is 0 Å². The highest BCUT2D eigenvalue weighted by atomic mass is 16.5. The monoisotopic (exact) mass is 228 g/mol. The van der Waals surface area contributed by atoms with Crippen molar-refractivity contribution in [2.45, 2.75) is 78.7 Å². The molecule has 0 saturated carbocycles. The largest absolute Gasteiger partial charge is 0.463 e. The molecule has 0 aliphatic carbocycles. The maximum Gasteiger partial charge on any atom is 0.309 e. The minimum atomic E-state index is 0.0135. The highest BCUT2D eigenvalue weighted by molar-refractivity contribution is 5.72. The van der Waals surface area contributed by atoms with E-state index >= 15 is 0 Å². The van der Waals surface area contributed by atoms with Crippen molar-refractivity contribution in [1.29, 1.82) is 0 Å². The van der Waals surface area contributed by atoms with Crippen LogP contribution in [0.1, 0.15) is 72.6 Å². The van der Waals surface area contributed by atoms with Gasteiger partial charge in [-0.1, -0.05) is 46.0 Å². The summed E-state index contributed by atoms with van der Waals surface area (Å²) in [5.41, 5.74) is 0. The summed E-state index contributed by atoms with van der Waals surface area (Å²) in [7, 11) is 0. The molecule has 0 aliphatic heterocycles. The van der Waals surface area contributed by atoms with Gasteiger partial charge in [0.1, 0.15) is 0 Å². The Labute approximate surface area is 101 Å². The van der Waals surface area contributed by atoms with Crippen molar-refractivity contribution in [1.82, 2.24) is 0 Å². The van der Waals surface area contributed by atoms with Crippen molar-refractivity contribution >= 4 is 5.97 Å². The van der Waals surface area contributed by atoms with E-state index in [2.05, 4.69) is 13.8 Å². The van der Waals surface area contributed by atoms with Crippen LogP contribution in [-0.4, -0.2) is 12.1 Å². The highest BCUT2D eigenvalue weighted by Gasteiger charge is 2.19. The lowest BCUT2D eigenvalue weighted by Crippen LogP contribution is -2.21. The number of ether oxygens (including phenoxy) is 1. The first-order valence-corrected chi connectivity index (χ1v) is 6.82. The molecule has 1 unspecified atom stereocenters. The molecule has 0 aliphatic rings. The molecule has 16 heavy (non-hydrogen) atoms. The van der Waals surface area contributed by atoms with Crippen LogP contribution in [0.5, 0.6) is 0 Å². The second-order valence-corrected chi connectivity index (χ2v) is 4.82. The fourth-order valence-electron chi connectivity index (χ4n) is 1.80. The molecule has 1 atom stereocenters. The minimum absolute atomic E-state index is 0.0135. The van der Waals surface area contributed by atoms with E-state index in [-0.39, 0.29) is 18.0 Å². The second kappa shape index (κ2) is 9.68. The topological polar surface area (TPSA) is 26.3 Å². The number of carbonyl (C=O) groups excluding carboxylic acids is 1.